The maximum Gasteiger partial charge on any atom is 0.251 e. The van der Waals surface area contributed by atoms with E-state index in [0.29, 0.717) is 17.0 Å². The van der Waals surface area contributed by atoms with Gasteiger partial charge in [0.15, 0.2) is 0 Å². The lowest BCUT2D eigenvalue weighted by atomic mass is 9.95. The zero-order valence-electron chi connectivity index (χ0n) is 10.8. The van der Waals surface area contributed by atoms with E-state index >= 15 is 0 Å². The first-order chi connectivity index (χ1) is 8.58. The van der Waals surface area contributed by atoms with Gasteiger partial charge in [-0.3, -0.25) is 4.79 Å². The van der Waals surface area contributed by atoms with Crippen LogP contribution >= 0.6 is 0 Å². The van der Waals surface area contributed by atoms with Gasteiger partial charge in [0.1, 0.15) is 5.82 Å². The van der Waals surface area contributed by atoms with Gasteiger partial charge in [-0.05, 0) is 50.0 Å². The van der Waals surface area contributed by atoms with Gasteiger partial charge in [-0.25, -0.2) is 4.39 Å². The fourth-order valence-electron chi connectivity index (χ4n) is 2.21. The number of halogens is 1. The van der Waals surface area contributed by atoms with E-state index in [4.69, 9.17) is 0 Å². The molecule has 1 aliphatic heterocycles. The molecule has 2 unspecified atom stereocenters. The maximum absolute atomic E-state index is 13.4. The number of amides is 1. The summed E-state index contributed by atoms with van der Waals surface area (Å²) in [7, 11) is 0. The highest BCUT2D eigenvalue weighted by atomic mass is 19.1. The van der Waals surface area contributed by atoms with Crippen LogP contribution in [0.3, 0.4) is 0 Å². The lowest BCUT2D eigenvalue weighted by Crippen LogP contribution is -2.48. The largest absolute Gasteiger partial charge is 0.349 e. The number of carbonyl (C=O) groups is 1. The summed E-state index contributed by atoms with van der Waals surface area (Å²) in [6.45, 7) is 5.61. The highest BCUT2D eigenvalue weighted by Gasteiger charge is 2.23. The Morgan fingerprint density at radius 2 is 2.28 bits per heavy atom. The zero-order valence-corrected chi connectivity index (χ0v) is 10.8. The van der Waals surface area contributed by atoms with E-state index in [9.17, 15) is 9.18 Å². The van der Waals surface area contributed by atoms with Crippen molar-refractivity contribution in [3.8, 4) is 0 Å². The predicted octanol–water partition coefficient (Wildman–Crippen LogP) is 1.86. The molecule has 0 bridgehead atoms. The van der Waals surface area contributed by atoms with Crippen molar-refractivity contribution in [2.45, 2.75) is 26.3 Å². The summed E-state index contributed by atoms with van der Waals surface area (Å²) < 4.78 is 13.4. The molecule has 98 valence electrons. The molecule has 1 aromatic carbocycles. The van der Waals surface area contributed by atoms with Crippen LogP contribution in [0.1, 0.15) is 29.3 Å². The highest BCUT2D eigenvalue weighted by Crippen LogP contribution is 2.13. The van der Waals surface area contributed by atoms with Crippen LogP contribution in [0.5, 0.6) is 0 Å². The van der Waals surface area contributed by atoms with E-state index in [0.717, 1.165) is 19.5 Å². The lowest BCUT2D eigenvalue weighted by molar-refractivity contribution is 0.0913. The van der Waals surface area contributed by atoms with Crippen molar-refractivity contribution in [1.82, 2.24) is 10.6 Å². The number of benzene rings is 1. The first-order valence-corrected chi connectivity index (χ1v) is 6.35. The van der Waals surface area contributed by atoms with Crippen LogP contribution in [0.25, 0.3) is 0 Å². The summed E-state index contributed by atoms with van der Waals surface area (Å²) in [4.78, 5) is 12.0. The van der Waals surface area contributed by atoms with Crippen LogP contribution in [-0.2, 0) is 0 Å². The molecule has 0 aromatic heterocycles. The summed E-state index contributed by atoms with van der Waals surface area (Å²) in [6, 6.07) is 4.77. The fraction of sp³-hybridized carbons (Fsp3) is 0.500. The minimum absolute atomic E-state index is 0.170. The summed E-state index contributed by atoms with van der Waals surface area (Å²) in [5.74, 6) is -0.119. The summed E-state index contributed by atoms with van der Waals surface area (Å²) in [6.07, 6.45) is 0.918. The molecule has 0 saturated carbocycles. The Balaban J connectivity index is 2.04. The number of hydrogen-bond donors (Lipinski definition) is 2. The summed E-state index contributed by atoms with van der Waals surface area (Å²) in [5, 5.41) is 6.27. The number of carbonyl (C=O) groups excluding carboxylic acids is 1. The van der Waals surface area contributed by atoms with Crippen molar-refractivity contribution >= 4 is 5.91 Å². The van der Waals surface area contributed by atoms with Crippen molar-refractivity contribution in [2.75, 3.05) is 13.1 Å². The van der Waals surface area contributed by atoms with Gasteiger partial charge in [0.05, 0.1) is 0 Å². The van der Waals surface area contributed by atoms with Crippen molar-refractivity contribution in [3.63, 3.8) is 0 Å². The lowest BCUT2D eigenvalue weighted by Gasteiger charge is -2.30. The van der Waals surface area contributed by atoms with E-state index in [-0.39, 0.29) is 17.8 Å². The van der Waals surface area contributed by atoms with Gasteiger partial charge in [-0.15, -0.1) is 0 Å². The molecule has 0 spiro atoms. The Morgan fingerprint density at radius 1 is 1.50 bits per heavy atom. The maximum atomic E-state index is 13.4. The number of piperidine rings is 1. The van der Waals surface area contributed by atoms with Crippen LogP contribution in [-0.4, -0.2) is 25.0 Å². The van der Waals surface area contributed by atoms with Gasteiger partial charge >= 0.3 is 0 Å². The van der Waals surface area contributed by atoms with E-state index in [1.807, 2.05) is 0 Å². The Bertz CT molecular complexity index is 447. The van der Waals surface area contributed by atoms with E-state index in [1.165, 1.54) is 6.07 Å². The summed E-state index contributed by atoms with van der Waals surface area (Å²) >= 11 is 0. The minimum atomic E-state index is -0.332. The Labute approximate surface area is 107 Å². The first-order valence-electron chi connectivity index (χ1n) is 6.35. The zero-order chi connectivity index (χ0) is 13.1. The normalized spacial score (nSPS) is 23.7. The Morgan fingerprint density at radius 3 is 2.94 bits per heavy atom. The van der Waals surface area contributed by atoms with Gasteiger partial charge in [0, 0.05) is 11.6 Å². The predicted molar refractivity (Wildman–Crippen MR) is 69.0 cm³/mol. The Kier molecular flexibility index (Phi) is 3.97. The third-order valence-corrected chi connectivity index (χ3v) is 3.54. The first kappa shape index (κ1) is 13.0. The second kappa shape index (κ2) is 5.48. The minimum Gasteiger partial charge on any atom is -0.349 e. The molecule has 4 heteroatoms. The molecule has 2 N–H and O–H groups in total. The molecule has 1 heterocycles. The summed E-state index contributed by atoms with van der Waals surface area (Å²) in [5.41, 5.74) is 0.950. The van der Waals surface area contributed by atoms with Crippen molar-refractivity contribution in [3.05, 3.63) is 35.1 Å². The molecule has 18 heavy (non-hydrogen) atoms. The average Bonchev–Trinajstić information content (AvgIpc) is 2.35. The molecule has 2 rings (SSSR count). The van der Waals surface area contributed by atoms with Crippen LogP contribution in [0, 0.1) is 18.7 Å². The van der Waals surface area contributed by atoms with Gasteiger partial charge in [0.25, 0.3) is 5.91 Å². The molecule has 1 saturated heterocycles. The van der Waals surface area contributed by atoms with Gasteiger partial charge < -0.3 is 10.6 Å². The highest BCUT2D eigenvalue weighted by molar-refractivity contribution is 5.94. The van der Waals surface area contributed by atoms with E-state index in [1.54, 1.807) is 19.1 Å². The molecule has 1 amide bonds. The number of aryl methyl sites for hydroxylation is 1. The number of nitrogens with one attached hydrogen (secondary N) is 2. The van der Waals surface area contributed by atoms with Gasteiger partial charge in [0.2, 0.25) is 0 Å². The fourth-order valence-corrected chi connectivity index (χ4v) is 2.21. The smallest absolute Gasteiger partial charge is 0.251 e. The standard InChI is InChI=1S/C14H19FN2O/c1-9-3-4-11(7-12(9)15)14(18)17-13-5-6-16-8-10(13)2/h3-4,7,10,13,16H,5-6,8H2,1-2H3,(H,17,18). The second-order valence-electron chi connectivity index (χ2n) is 5.01. The second-order valence-corrected chi connectivity index (χ2v) is 5.01. The van der Waals surface area contributed by atoms with Crippen molar-refractivity contribution in [1.29, 1.82) is 0 Å². The van der Waals surface area contributed by atoms with Gasteiger partial charge in [-0.2, -0.15) is 0 Å². The van der Waals surface area contributed by atoms with E-state index < -0.39 is 0 Å². The molecule has 0 aliphatic carbocycles. The number of hydrogen-bond acceptors (Lipinski definition) is 2. The monoisotopic (exact) mass is 250 g/mol. The van der Waals surface area contributed by atoms with Gasteiger partial charge in [-0.1, -0.05) is 13.0 Å². The van der Waals surface area contributed by atoms with Crippen molar-refractivity contribution < 1.29 is 9.18 Å². The SMILES string of the molecule is Cc1ccc(C(=O)NC2CCNCC2C)cc1F. The third-order valence-electron chi connectivity index (χ3n) is 3.54. The molecule has 1 aliphatic rings. The van der Waals surface area contributed by atoms with Crippen LogP contribution in [0.2, 0.25) is 0 Å². The van der Waals surface area contributed by atoms with Crippen molar-refractivity contribution in [2.24, 2.45) is 5.92 Å². The molecule has 0 radical (unpaired) electrons. The Hall–Kier alpha value is -1.42. The molecule has 1 fully saturated rings. The molecule has 1 aromatic rings. The third kappa shape index (κ3) is 2.88. The molecular weight excluding hydrogens is 231 g/mol. The van der Waals surface area contributed by atoms with Crippen LogP contribution < -0.4 is 10.6 Å². The molecular formula is C14H19FN2O. The van der Waals surface area contributed by atoms with Crippen LogP contribution in [0.15, 0.2) is 18.2 Å². The molecule has 2 atom stereocenters. The quantitative estimate of drug-likeness (QED) is 0.841. The molecule has 3 nitrogen and oxygen atoms in total. The van der Waals surface area contributed by atoms with E-state index in [2.05, 4.69) is 17.6 Å². The number of rotatable bonds is 2. The average molecular weight is 250 g/mol. The van der Waals surface area contributed by atoms with Crippen LogP contribution in [0.4, 0.5) is 4.39 Å². The topological polar surface area (TPSA) is 41.1 Å².